The number of esters is 1. The number of nitrogens with one attached hydrogen (secondary N) is 1. The smallest absolute Gasteiger partial charge is 0.319 e. The highest BCUT2D eigenvalue weighted by Crippen LogP contribution is 2.32. The summed E-state index contributed by atoms with van der Waals surface area (Å²) in [4.78, 5) is 13.4. The van der Waals surface area contributed by atoms with E-state index < -0.39 is 0 Å². The highest BCUT2D eigenvalue weighted by atomic mass is 16.5. The second-order valence-electron chi connectivity index (χ2n) is 5.77. The number of rotatable bonds is 5. The van der Waals surface area contributed by atoms with Crippen molar-refractivity contribution in [2.75, 3.05) is 40.3 Å². The highest BCUT2D eigenvalue weighted by molar-refractivity contribution is 5.71. The first-order chi connectivity index (χ1) is 7.95. The molecule has 4 nitrogen and oxygen atoms in total. The van der Waals surface area contributed by atoms with Gasteiger partial charge >= 0.3 is 5.97 Å². The molecular weight excluding hydrogens is 216 g/mol. The van der Waals surface area contributed by atoms with Crippen LogP contribution in [0.5, 0.6) is 0 Å². The molecule has 1 heterocycles. The summed E-state index contributed by atoms with van der Waals surface area (Å²) >= 11 is 0. The maximum atomic E-state index is 11.0. The van der Waals surface area contributed by atoms with Crippen molar-refractivity contribution in [3.8, 4) is 0 Å². The molecule has 1 unspecified atom stereocenters. The predicted octanol–water partition coefficient (Wildman–Crippen LogP) is 1.12. The first kappa shape index (κ1) is 14.5. The van der Waals surface area contributed by atoms with Gasteiger partial charge in [0.2, 0.25) is 0 Å². The van der Waals surface area contributed by atoms with Crippen molar-refractivity contribution in [2.24, 2.45) is 11.3 Å². The van der Waals surface area contributed by atoms with Gasteiger partial charge in [-0.3, -0.25) is 4.79 Å². The van der Waals surface area contributed by atoms with E-state index in [0.29, 0.717) is 12.5 Å². The molecule has 0 saturated carbocycles. The van der Waals surface area contributed by atoms with Crippen molar-refractivity contribution < 1.29 is 9.53 Å². The molecule has 1 fully saturated rings. The molecule has 4 heteroatoms. The van der Waals surface area contributed by atoms with Gasteiger partial charge in [0.05, 0.1) is 13.7 Å². The number of carbonyl (C=O) groups excluding carboxylic acids is 1. The van der Waals surface area contributed by atoms with Gasteiger partial charge in [-0.1, -0.05) is 13.8 Å². The third-order valence-electron chi connectivity index (χ3n) is 3.81. The Kier molecular flexibility index (Phi) is 5.40. The van der Waals surface area contributed by atoms with Crippen LogP contribution in [0.3, 0.4) is 0 Å². The van der Waals surface area contributed by atoms with E-state index in [2.05, 4.69) is 35.8 Å². The van der Waals surface area contributed by atoms with Crippen molar-refractivity contribution in [1.82, 2.24) is 10.2 Å². The van der Waals surface area contributed by atoms with Gasteiger partial charge in [-0.05, 0) is 37.8 Å². The Morgan fingerprint density at radius 3 is 2.82 bits per heavy atom. The summed E-state index contributed by atoms with van der Waals surface area (Å²) in [6.07, 6.45) is 2.57. The van der Waals surface area contributed by atoms with Crippen molar-refractivity contribution >= 4 is 5.97 Å². The number of ether oxygens (including phenoxy) is 1. The van der Waals surface area contributed by atoms with Crippen molar-refractivity contribution in [1.29, 1.82) is 0 Å². The molecule has 0 aromatic rings. The zero-order valence-corrected chi connectivity index (χ0v) is 11.6. The molecule has 17 heavy (non-hydrogen) atoms. The van der Waals surface area contributed by atoms with Gasteiger partial charge in [-0.15, -0.1) is 0 Å². The van der Waals surface area contributed by atoms with Crippen LogP contribution in [-0.2, 0) is 9.53 Å². The fraction of sp³-hybridized carbons (Fsp3) is 0.923. The summed E-state index contributed by atoms with van der Waals surface area (Å²) in [5.74, 6) is 0.507. The van der Waals surface area contributed by atoms with E-state index >= 15 is 0 Å². The summed E-state index contributed by atoms with van der Waals surface area (Å²) in [5.41, 5.74) is 0.225. The third kappa shape index (κ3) is 4.64. The number of piperidine rings is 1. The quantitative estimate of drug-likeness (QED) is 0.734. The summed E-state index contributed by atoms with van der Waals surface area (Å²) in [5, 5.41) is 3.20. The summed E-state index contributed by atoms with van der Waals surface area (Å²) in [7, 11) is 3.61. The second kappa shape index (κ2) is 6.36. The number of methoxy groups -OCH3 is 1. The zero-order valence-electron chi connectivity index (χ0n) is 11.6. The van der Waals surface area contributed by atoms with Crippen LogP contribution in [0, 0.1) is 11.3 Å². The Morgan fingerprint density at radius 1 is 1.53 bits per heavy atom. The van der Waals surface area contributed by atoms with E-state index in [9.17, 15) is 4.79 Å². The molecule has 0 bridgehead atoms. The van der Waals surface area contributed by atoms with Gasteiger partial charge in [0.15, 0.2) is 0 Å². The average molecular weight is 242 g/mol. The van der Waals surface area contributed by atoms with E-state index in [-0.39, 0.29) is 11.4 Å². The predicted molar refractivity (Wildman–Crippen MR) is 68.9 cm³/mol. The first-order valence-electron chi connectivity index (χ1n) is 6.42. The van der Waals surface area contributed by atoms with Crippen molar-refractivity contribution in [3.05, 3.63) is 0 Å². The molecule has 1 N–H and O–H groups in total. The fourth-order valence-corrected chi connectivity index (χ4v) is 2.51. The molecule has 100 valence electrons. The molecule has 0 spiro atoms. The fourth-order valence-electron chi connectivity index (χ4n) is 2.51. The van der Waals surface area contributed by atoms with E-state index in [4.69, 9.17) is 0 Å². The minimum Gasteiger partial charge on any atom is -0.468 e. The van der Waals surface area contributed by atoms with E-state index in [1.807, 2.05) is 0 Å². The monoisotopic (exact) mass is 242 g/mol. The van der Waals surface area contributed by atoms with Gasteiger partial charge < -0.3 is 15.0 Å². The lowest BCUT2D eigenvalue weighted by molar-refractivity contribution is -0.139. The number of carbonyl (C=O) groups is 1. The lowest BCUT2D eigenvalue weighted by Crippen LogP contribution is -2.44. The van der Waals surface area contributed by atoms with Crippen LogP contribution in [0.15, 0.2) is 0 Å². The Labute approximate surface area is 105 Å². The average Bonchev–Trinajstić information content (AvgIpc) is 2.28. The van der Waals surface area contributed by atoms with Crippen molar-refractivity contribution in [2.45, 2.75) is 26.7 Å². The molecule has 1 aliphatic heterocycles. The SMILES string of the molecule is COC(=O)CNCC(C)(C)C1CCCN(C)C1. The molecule has 1 aliphatic rings. The van der Waals surface area contributed by atoms with Crippen LogP contribution in [0.2, 0.25) is 0 Å². The molecule has 0 amide bonds. The molecule has 1 atom stereocenters. The summed E-state index contributed by atoms with van der Waals surface area (Å²) in [6, 6.07) is 0. The lowest BCUT2D eigenvalue weighted by Gasteiger charge is -2.40. The number of nitrogens with zero attached hydrogens (tertiary/aromatic N) is 1. The lowest BCUT2D eigenvalue weighted by atomic mass is 9.74. The topological polar surface area (TPSA) is 41.6 Å². The van der Waals surface area contributed by atoms with Crippen LogP contribution < -0.4 is 5.32 Å². The minimum atomic E-state index is -0.193. The molecule has 1 rings (SSSR count). The van der Waals surface area contributed by atoms with Crippen LogP contribution in [0.1, 0.15) is 26.7 Å². The van der Waals surface area contributed by atoms with E-state index in [1.165, 1.54) is 26.5 Å². The van der Waals surface area contributed by atoms with Crippen LogP contribution in [-0.4, -0.2) is 51.2 Å². The molecule has 1 saturated heterocycles. The molecule has 0 aromatic heterocycles. The summed E-state index contributed by atoms with van der Waals surface area (Å²) < 4.78 is 4.62. The Bertz CT molecular complexity index is 254. The van der Waals surface area contributed by atoms with Gasteiger partial charge in [0.1, 0.15) is 0 Å². The number of likely N-dealkylation sites (tertiary alicyclic amines) is 1. The van der Waals surface area contributed by atoms with Gasteiger partial charge in [0.25, 0.3) is 0 Å². The third-order valence-corrected chi connectivity index (χ3v) is 3.81. The number of hydrogen-bond acceptors (Lipinski definition) is 4. The maximum Gasteiger partial charge on any atom is 0.319 e. The van der Waals surface area contributed by atoms with Gasteiger partial charge in [0, 0.05) is 13.1 Å². The van der Waals surface area contributed by atoms with Crippen LogP contribution in [0.4, 0.5) is 0 Å². The molecule has 0 aromatic carbocycles. The van der Waals surface area contributed by atoms with Gasteiger partial charge in [-0.25, -0.2) is 0 Å². The Balaban J connectivity index is 2.36. The Hall–Kier alpha value is -0.610. The molecule has 0 aliphatic carbocycles. The van der Waals surface area contributed by atoms with E-state index in [0.717, 1.165) is 13.1 Å². The largest absolute Gasteiger partial charge is 0.468 e. The Morgan fingerprint density at radius 2 is 2.24 bits per heavy atom. The van der Waals surface area contributed by atoms with Gasteiger partial charge in [-0.2, -0.15) is 0 Å². The normalized spacial score (nSPS) is 22.5. The highest BCUT2D eigenvalue weighted by Gasteiger charge is 2.31. The van der Waals surface area contributed by atoms with Crippen molar-refractivity contribution in [3.63, 3.8) is 0 Å². The minimum absolute atomic E-state index is 0.193. The second-order valence-corrected chi connectivity index (χ2v) is 5.77. The number of hydrogen-bond donors (Lipinski definition) is 1. The standard InChI is InChI=1S/C13H26N2O2/c1-13(2,10-14-8-12(16)17-4)11-6-5-7-15(3)9-11/h11,14H,5-10H2,1-4H3. The van der Waals surface area contributed by atoms with E-state index in [1.54, 1.807) is 0 Å². The molecular formula is C13H26N2O2. The summed E-state index contributed by atoms with van der Waals surface area (Å²) in [6.45, 7) is 8.10. The maximum absolute atomic E-state index is 11.0. The van der Waals surface area contributed by atoms with Crippen LogP contribution >= 0.6 is 0 Å². The molecule has 0 radical (unpaired) electrons. The first-order valence-corrected chi connectivity index (χ1v) is 6.42. The zero-order chi connectivity index (χ0) is 12.9. The van der Waals surface area contributed by atoms with Crippen LogP contribution in [0.25, 0.3) is 0 Å².